The maximum atomic E-state index is 12.3. The maximum Gasteiger partial charge on any atom is 0.287 e. The predicted molar refractivity (Wildman–Crippen MR) is 80.3 cm³/mol. The molecule has 2 rings (SSSR count). The fourth-order valence-electron chi connectivity index (χ4n) is 2.13. The summed E-state index contributed by atoms with van der Waals surface area (Å²) in [6, 6.07) is 8.00. The van der Waals surface area contributed by atoms with Crippen LogP contribution in [-0.2, 0) is 0 Å². The highest BCUT2D eigenvalue weighted by Gasteiger charge is 2.25. The van der Waals surface area contributed by atoms with Gasteiger partial charge in [-0.3, -0.25) is 9.59 Å². The van der Waals surface area contributed by atoms with E-state index in [1.807, 2.05) is 13.8 Å². The lowest BCUT2D eigenvalue weighted by atomic mass is 9.95. The molecule has 21 heavy (non-hydrogen) atoms. The van der Waals surface area contributed by atoms with E-state index in [1.54, 1.807) is 24.3 Å². The van der Waals surface area contributed by atoms with E-state index in [1.165, 1.54) is 6.07 Å². The van der Waals surface area contributed by atoms with E-state index in [0.29, 0.717) is 23.8 Å². The van der Waals surface area contributed by atoms with Crippen molar-refractivity contribution in [3.05, 3.63) is 46.3 Å². The molecule has 1 atom stereocenters. The third-order valence-corrected chi connectivity index (χ3v) is 3.72. The van der Waals surface area contributed by atoms with E-state index < -0.39 is 11.4 Å². The first-order chi connectivity index (χ1) is 9.99. The van der Waals surface area contributed by atoms with Crippen LogP contribution in [0.1, 0.15) is 37.2 Å². The van der Waals surface area contributed by atoms with E-state index >= 15 is 0 Å². The van der Waals surface area contributed by atoms with Gasteiger partial charge >= 0.3 is 0 Å². The molecule has 0 saturated heterocycles. The van der Waals surface area contributed by atoms with Gasteiger partial charge < -0.3 is 14.8 Å². The first-order valence-electron chi connectivity index (χ1n) is 6.95. The molecule has 0 aliphatic rings. The molecule has 0 radical (unpaired) electrons. The molecule has 112 valence electrons. The molecule has 5 nitrogen and oxygen atoms in total. The smallest absolute Gasteiger partial charge is 0.287 e. The number of hydrogen-bond acceptors (Lipinski definition) is 4. The average Bonchev–Trinajstić information content (AvgIpc) is 2.47. The van der Waals surface area contributed by atoms with Crippen LogP contribution < -0.4 is 10.7 Å². The zero-order valence-electron chi connectivity index (χ0n) is 12.2. The number of carbonyl (C=O) groups is 1. The molecule has 2 aromatic rings. The van der Waals surface area contributed by atoms with Crippen LogP contribution in [0.5, 0.6) is 0 Å². The molecule has 5 heteroatoms. The largest absolute Gasteiger partial charge is 0.451 e. The van der Waals surface area contributed by atoms with Crippen LogP contribution in [0.15, 0.2) is 39.5 Å². The summed E-state index contributed by atoms with van der Waals surface area (Å²) in [6.07, 6.45) is 1.10. The molecule has 0 fully saturated rings. The summed E-state index contributed by atoms with van der Waals surface area (Å²) in [4.78, 5) is 24.2. The highest BCUT2D eigenvalue weighted by atomic mass is 16.3. The maximum absolute atomic E-state index is 12.3. The van der Waals surface area contributed by atoms with Gasteiger partial charge in [-0.05, 0) is 31.9 Å². The van der Waals surface area contributed by atoms with Crippen molar-refractivity contribution in [2.75, 3.05) is 6.61 Å². The van der Waals surface area contributed by atoms with Crippen LogP contribution in [0.4, 0.5) is 0 Å². The van der Waals surface area contributed by atoms with Crippen LogP contribution >= 0.6 is 0 Å². The van der Waals surface area contributed by atoms with Gasteiger partial charge in [0.25, 0.3) is 5.91 Å². The Balaban J connectivity index is 2.34. The number of para-hydroxylation sites is 1. The Kier molecular flexibility index (Phi) is 4.43. The van der Waals surface area contributed by atoms with Gasteiger partial charge in [-0.15, -0.1) is 0 Å². The van der Waals surface area contributed by atoms with Crippen molar-refractivity contribution < 1.29 is 14.3 Å². The number of nitrogens with one attached hydrogen (secondary N) is 1. The second kappa shape index (κ2) is 6.10. The van der Waals surface area contributed by atoms with Crippen LogP contribution in [0, 0.1) is 0 Å². The highest BCUT2D eigenvalue weighted by Crippen LogP contribution is 2.16. The van der Waals surface area contributed by atoms with E-state index in [9.17, 15) is 9.59 Å². The molecule has 0 bridgehead atoms. The normalized spacial score (nSPS) is 13.9. The topological polar surface area (TPSA) is 79.5 Å². The SMILES string of the molecule is CCC(C)(CCO)NC(=O)c1cc(=O)c2ccccc2o1. The van der Waals surface area contributed by atoms with Crippen molar-refractivity contribution in [1.29, 1.82) is 0 Å². The van der Waals surface area contributed by atoms with E-state index in [-0.39, 0.29) is 17.8 Å². The van der Waals surface area contributed by atoms with Gasteiger partial charge in [0.05, 0.1) is 5.39 Å². The molecule has 0 saturated carbocycles. The summed E-state index contributed by atoms with van der Waals surface area (Å²) in [6.45, 7) is 3.75. The Labute approximate surface area is 122 Å². The third kappa shape index (κ3) is 3.31. The molecule has 1 unspecified atom stereocenters. The zero-order chi connectivity index (χ0) is 15.5. The number of rotatable bonds is 5. The Hall–Kier alpha value is -2.14. The molecule has 1 amide bonds. The Morgan fingerprint density at radius 2 is 2.10 bits per heavy atom. The van der Waals surface area contributed by atoms with Crippen molar-refractivity contribution >= 4 is 16.9 Å². The van der Waals surface area contributed by atoms with Crippen molar-refractivity contribution in [3.8, 4) is 0 Å². The van der Waals surface area contributed by atoms with Crippen molar-refractivity contribution in [2.24, 2.45) is 0 Å². The minimum absolute atomic E-state index is 0.0173. The molecule has 1 heterocycles. The van der Waals surface area contributed by atoms with E-state index in [4.69, 9.17) is 9.52 Å². The first kappa shape index (κ1) is 15.3. The molecule has 2 N–H and O–H groups in total. The Bertz CT molecular complexity index is 707. The van der Waals surface area contributed by atoms with Crippen LogP contribution in [0.2, 0.25) is 0 Å². The zero-order valence-corrected chi connectivity index (χ0v) is 12.2. The van der Waals surface area contributed by atoms with Gasteiger partial charge in [0.1, 0.15) is 5.58 Å². The van der Waals surface area contributed by atoms with E-state index in [0.717, 1.165) is 0 Å². The lowest BCUT2D eigenvalue weighted by Gasteiger charge is -2.28. The minimum Gasteiger partial charge on any atom is -0.451 e. The second-order valence-electron chi connectivity index (χ2n) is 5.31. The molecular weight excluding hydrogens is 270 g/mol. The number of hydrogen-bond donors (Lipinski definition) is 2. The average molecular weight is 289 g/mol. The molecular formula is C16H19NO4. The van der Waals surface area contributed by atoms with Gasteiger partial charge in [-0.25, -0.2) is 0 Å². The molecule has 1 aromatic heterocycles. The summed E-state index contributed by atoms with van der Waals surface area (Å²) in [7, 11) is 0. The lowest BCUT2D eigenvalue weighted by Crippen LogP contribution is -2.46. The van der Waals surface area contributed by atoms with Crippen molar-refractivity contribution in [3.63, 3.8) is 0 Å². The number of aliphatic hydroxyl groups excluding tert-OH is 1. The van der Waals surface area contributed by atoms with Crippen LogP contribution in [0.25, 0.3) is 11.0 Å². The number of benzene rings is 1. The summed E-state index contributed by atoms with van der Waals surface area (Å²) >= 11 is 0. The van der Waals surface area contributed by atoms with Crippen LogP contribution in [0.3, 0.4) is 0 Å². The number of aliphatic hydroxyl groups is 1. The minimum atomic E-state index is -0.532. The lowest BCUT2D eigenvalue weighted by molar-refractivity contribution is 0.0858. The predicted octanol–water partition coefficient (Wildman–Crippen LogP) is 2.07. The fourth-order valence-corrected chi connectivity index (χ4v) is 2.13. The molecule has 0 aliphatic heterocycles. The monoisotopic (exact) mass is 289 g/mol. The summed E-state index contributed by atoms with van der Waals surface area (Å²) < 4.78 is 5.50. The van der Waals surface area contributed by atoms with Crippen molar-refractivity contribution in [1.82, 2.24) is 5.32 Å². The second-order valence-corrected chi connectivity index (χ2v) is 5.31. The summed E-state index contributed by atoms with van der Waals surface area (Å²) in [5.74, 6) is -0.466. The third-order valence-electron chi connectivity index (χ3n) is 3.72. The number of amides is 1. The first-order valence-corrected chi connectivity index (χ1v) is 6.95. The van der Waals surface area contributed by atoms with Gasteiger partial charge in [0, 0.05) is 18.2 Å². The highest BCUT2D eigenvalue weighted by molar-refractivity contribution is 5.93. The molecule has 0 spiro atoms. The van der Waals surface area contributed by atoms with Crippen molar-refractivity contribution in [2.45, 2.75) is 32.2 Å². The van der Waals surface area contributed by atoms with Gasteiger partial charge in [-0.2, -0.15) is 0 Å². The van der Waals surface area contributed by atoms with Crippen LogP contribution in [-0.4, -0.2) is 23.2 Å². The number of fused-ring (bicyclic) bond motifs is 1. The molecule has 1 aromatic carbocycles. The fraction of sp³-hybridized carbons (Fsp3) is 0.375. The summed E-state index contributed by atoms with van der Waals surface area (Å²) in [5.41, 5.74) is -0.395. The molecule has 0 aliphatic carbocycles. The van der Waals surface area contributed by atoms with Gasteiger partial charge in [0.2, 0.25) is 0 Å². The Morgan fingerprint density at radius 1 is 1.38 bits per heavy atom. The number of carbonyl (C=O) groups excluding carboxylic acids is 1. The van der Waals surface area contributed by atoms with Gasteiger partial charge in [0.15, 0.2) is 11.2 Å². The Morgan fingerprint density at radius 3 is 2.76 bits per heavy atom. The van der Waals surface area contributed by atoms with E-state index in [2.05, 4.69) is 5.32 Å². The van der Waals surface area contributed by atoms with Gasteiger partial charge in [-0.1, -0.05) is 19.1 Å². The quantitative estimate of drug-likeness (QED) is 0.883. The summed E-state index contributed by atoms with van der Waals surface area (Å²) in [5, 5.41) is 12.3. The standard InChI is InChI=1S/C16H19NO4/c1-3-16(2,8-9-18)17-15(20)14-10-12(19)11-6-4-5-7-13(11)21-14/h4-7,10,18H,3,8-9H2,1-2H3,(H,17,20).